The maximum Gasteiger partial charge on any atom is 0.0426 e. The number of hydrogen-bond acceptors (Lipinski definition) is 2. The molecule has 1 N–H and O–H groups in total. The topological polar surface area (TPSA) is 15.3 Å². The predicted molar refractivity (Wildman–Crippen MR) is 77.5 cm³/mol. The van der Waals surface area contributed by atoms with Crippen LogP contribution in [-0.2, 0) is 0 Å². The Labute approximate surface area is 114 Å². The Morgan fingerprint density at radius 3 is 2.94 bits per heavy atom. The van der Waals surface area contributed by atoms with Crippen molar-refractivity contribution in [2.45, 2.75) is 32.2 Å². The summed E-state index contributed by atoms with van der Waals surface area (Å²) in [5.41, 5.74) is 2.65. The molecular formula is C15H21ClN2. The van der Waals surface area contributed by atoms with Crippen molar-refractivity contribution in [1.29, 1.82) is 0 Å². The average Bonchev–Trinajstić information content (AvgIpc) is 3.16. The smallest absolute Gasteiger partial charge is 0.0426 e. The van der Waals surface area contributed by atoms with Crippen LogP contribution < -0.4 is 10.2 Å². The number of anilines is 1. The molecular weight excluding hydrogens is 244 g/mol. The first kappa shape index (κ1) is 12.3. The van der Waals surface area contributed by atoms with E-state index in [0.29, 0.717) is 6.04 Å². The van der Waals surface area contributed by atoms with E-state index < -0.39 is 0 Å². The summed E-state index contributed by atoms with van der Waals surface area (Å²) >= 11 is 6.15. The fraction of sp³-hybridized carbons (Fsp3) is 0.600. The van der Waals surface area contributed by atoms with Crippen molar-refractivity contribution in [1.82, 2.24) is 5.32 Å². The van der Waals surface area contributed by atoms with Crippen LogP contribution in [0.4, 0.5) is 5.69 Å². The summed E-state index contributed by atoms with van der Waals surface area (Å²) in [5, 5.41) is 4.55. The Bertz CT molecular complexity index is 429. The molecule has 2 nitrogen and oxygen atoms in total. The first-order chi connectivity index (χ1) is 8.74. The highest BCUT2D eigenvalue weighted by atomic mass is 35.5. The second-order valence-electron chi connectivity index (χ2n) is 5.63. The molecule has 0 bridgehead atoms. The molecule has 3 heteroatoms. The molecule has 3 rings (SSSR count). The monoisotopic (exact) mass is 264 g/mol. The molecule has 0 aromatic heterocycles. The summed E-state index contributed by atoms with van der Waals surface area (Å²) in [4.78, 5) is 2.52. The molecule has 1 heterocycles. The van der Waals surface area contributed by atoms with Crippen molar-refractivity contribution in [2.24, 2.45) is 5.92 Å². The van der Waals surface area contributed by atoms with E-state index in [2.05, 4.69) is 29.3 Å². The van der Waals surface area contributed by atoms with E-state index in [9.17, 15) is 0 Å². The molecule has 2 aliphatic rings. The Morgan fingerprint density at radius 2 is 2.17 bits per heavy atom. The zero-order valence-corrected chi connectivity index (χ0v) is 11.7. The summed E-state index contributed by atoms with van der Waals surface area (Å²) in [6, 6.07) is 6.90. The molecule has 1 aromatic carbocycles. The first-order valence-corrected chi connectivity index (χ1v) is 7.36. The molecule has 2 fully saturated rings. The van der Waals surface area contributed by atoms with E-state index in [1.807, 2.05) is 6.07 Å². The molecule has 1 aliphatic carbocycles. The molecule has 1 unspecified atom stereocenters. The van der Waals surface area contributed by atoms with Gasteiger partial charge in [-0.25, -0.2) is 0 Å². The summed E-state index contributed by atoms with van der Waals surface area (Å²) in [7, 11) is 0. The van der Waals surface area contributed by atoms with Gasteiger partial charge < -0.3 is 10.2 Å². The second kappa shape index (κ2) is 5.10. The highest BCUT2D eigenvalue weighted by molar-refractivity contribution is 6.30. The lowest BCUT2D eigenvalue weighted by atomic mass is 10.1. The minimum atomic E-state index is 0.672. The molecule has 98 valence electrons. The normalized spacial score (nSPS) is 25.0. The third-order valence-electron chi connectivity index (χ3n) is 4.13. The Kier molecular flexibility index (Phi) is 3.49. The molecule has 1 atom stereocenters. The quantitative estimate of drug-likeness (QED) is 0.882. The summed E-state index contributed by atoms with van der Waals surface area (Å²) in [6.45, 7) is 5.59. The van der Waals surface area contributed by atoms with Gasteiger partial charge in [-0.15, -0.1) is 0 Å². The van der Waals surface area contributed by atoms with Crippen molar-refractivity contribution in [3.05, 3.63) is 28.8 Å². The third-order valence-corrected chi connectivity index (χ3v) is 4.37. The lowest BCUT2D eigenvalue weighted by Crippen LogP contribution is -2.39. The zero-order chi connectivity index (χ0) is 12.5. The maximum absolute atomic E-state index is 6.15. The number of rotatable bonds is 2. The van der Waals surface area contributed by atoms with Gasteiger partial charge in [-0.3, -0.25) is 0 Å². The first-order valence-electron chi connectivity index (χ1n) is 6.98. The molecule has 0 radical (unpaired) electrons. The number of aryl methyl sites for hydroxylation is 1. The summed E-state index contributed by atoms with van der Waals surface area (Å²) < 4.78 is 0. The highest BCUT2D eigenvalue weighted by Gasteiger charge is 2.33. The number of benzene rings is 1. The van der Waals surface area contributed by atoms with Crippen molar-refractivity contribution in [3.63, 3.8) is 0 Å². The fourth-order valence-corrected chi connectivity index (χ4v) is 3.07. The average molecular weight is 265 g/mol. The number of halogens is 1. The molecule has 1 aliphatic heterocycles. The van der Waals surface area contributed by atoms with Crippen molar-refractivity contribution in [3.8, 4) is 0 Å². The van der Waals surface area contributed by atoms with E-state index in [4.69, 9.17) is 11.6 Å². The van der Waals surface area contributed by atoms with Crippen LogP contribution >= 0.6 is 11.6 Å². The van der Waals surface area contributed by atoms with Gasteiger partial charge in [-0.1, -0.05) is 17.7 Å². The van der Waals surface area contributed by atoms with Gasteiger partial charge in [0, 0.05) is 29.8 Å². The predicted octanol–water partition coefficient (Wildman–Crippen LogP) is 3.23. The maximum atomic E-state index is 6.15. The summed E-state index contributed by atoms with van der Waals surface area (Å²) in [5.74, 6) is 0.907. The van der Waals surface area contributed by atoms with Crippen LogP contribution in [0.15, 0.2) is 18.2 Å². The fourth-order valence-electron chi connectivity index (χ4n) is 2.91. The Morgan fingerprint density at radius 1 is 1.33 bits per heavy atom. The van der Waals surface area contributed by atoms with E-state index in [-0.39, 0.29) is 0 Å². The number of hydrogen-bond donors (Lipinski definition) is 1. The van der Waals surface area contributed by atoms with Crippen LogP contribution in [0.3, 0.4) is 0 Å². The van der Waals surface area contributed by atoms with Crippen LogP contribution in [0, 0.1) is 12.8 Å². The second-order valence-corrected chi connectivity index (χ2v) is 6.06. The highest BCUT2D eigenvalue weighted by Crippen LogP contribution is 2.35. The van der Waals surface area contributed by atoms with Gasteiger partial charge in [0.1, 0.15) is 0 Å². The van der Waals surface area contributed by atoms with Crippen LogP contribution in [0.2, 0.25) is 5.02 Å². The Balaban J connectivity index is 1.82. The minimum Gasteiger partial charge on any atom is -0.370 e. The molecule has 1 saturated heterocycles. The standard InChI is InChI=1S/C15H21ClN2/c1-11-3-6-13(16)9-15(11)18-8-2-7-17-14(10-18)12-4-5-12/h3,6,9,12,14,17H,2,4-5,7-8,10H2,1H3. The third kappa shape index (κ3) is 2.65. The molecule has 0 amide bonds. The largest absolute Gasteiger partial charge is 0.370 e. The van der Waals surface area contributed by atoms with Gasteiger partial charge in [0.05, 0.1) is 0 Å². The zero-order valence-electron chi connectivity index (χ0n) is 11.0. The van der Waals surface area contributed by atoms with Gasteiger partial charge in [-0.2, -0.15) is 0 Å². The van der Waals surface area contributed by atoms with E-state index in [1.54, 1.807) is 0 Å². The van der Waals surface area contributed by atoms with Gasteiger partial charge >= 0.3 is 0 Å². The summed E-state index contributed by atoms with van der Waals surface area (Å²) in [6.07, 6.45) is 4.02. The van der Waals surface area contributed by atoms with E-state index >= 15 is 0 Å². The lowest BCUT2D eigenvalue weighted by Gasteiger charge is -2.28. The van der Waals surface area contributed by atoms with Crippen molar-refractivity contribution in [2.75, 3.05) is 24.5 Å². The van der Waals surface area contributed by atoms with Crippen LogP contribution in [0.1, 0.15) is 24.8 Å². The lowest BCUT2D eigenvalue weighted by molar-refractivity contribution is 0.490. The van der Waals surface area contributed by atoms with E-state index in [0.717, 1.165) is 30.6 Å². The van der Waals surface area contributed by atoms with Gasteiger partial charge in [0.15, 0.2) is 0 Å². The van der Waals surface area contributed by atoms with Crippen LogP contribution in [0.5, 0.6) is 0 Å². The van der Waals surface area contributed by atoms with Crippen molar-refractivity contribution >= 4 is 17.3 Å². The van der Waals surface area contributed by atoms with Crippen LogP contribution in [0.25, 0.3) is 0 Å². The minimum absolute atomic E-state index is 0.672. The van der Waals surface area contributed by atoms with Crippen LogP contribution in [-0.4, -0.2) is 25.7 Å². The molecule has 1 aromatic rings. The SMILES string of the molecule is Cc1ccc(Cl)cc1N1CCCNC(C2CC2)C1. The van der Waals surface area contributed by atoms with Crippen molar-refractivity contribution < 1.29 is 0 Å². The molecule has 1 saturated carbocycles. The van der Waals surface area contributed by atoms with Gasteiger partial charge in [0.2, 0.25) is 0 Å². The van der Waals surface area contributed by atoms with Gasteiger partial charge in [-0.05, 0) is 56.3 Å². The number of nitrogens with one attached hydrogen (secondary N) is 1. The number of nitrogens with zero attached hydrogens (tertiary/aromatic N) is 1. The van der Waals surface area contributed by atoms with Gasteiger partial charge in [0.25, 0.3) is 0 Å². The Hall–Kier alpha value is -0.730. The molecule has 18 heavy (non-hydrogen) atoms. The molecule has 0 spiro atoms. The van der Waals surface area contributed by atoms with E-state index in [1.165, 1.54) is 30.5 Å².